The first-order chi connectivity index (χ1) is 8.43. The molecular weight excluding hydrogens is 208 g/mol. The van der Waals surface area contributed by atoms with Crippen LogP contribution in [0.3, 0.4) is 0 Å². The van der Waals surface area contributed by atoms with Crippen LogP contribution < -0.4 is 5.32 Å². The van der Waals surface area contributed by atoms with E-state index in [2.05, 4.69) is 34.6 Å². The van der Waals surface area contributed by atoms with Crippen molar-refractivity contribution in [3.05, 3.63) is 42.1 Å². The molecule has 3 rings (SSSR count). The van der Waals surface area contributed by atoms with Gasteiger partial charge in [-0.2, -0.15) is 0 Å². The van der Waals surface area contributed by atoms with Gasteiger partial charge in [0.15, 0.2) is 0 Å². The molecule has 1 N–H and O–H groups in total. The van der Waals surface area contributed by atoms with Gasteiger partial charge < -0.3 is 5.32 Å². The Balaban J connectivity index is 1.93. The molecule has 17 heavy (non-hydrogen) atoms. The standard InChI is InChI=1S/C15H18N2/c1-2-7-15(16-9-5-1)13-10-12-6-3-4-8-14(12)17-11-13/h3-4,6,8,10-11,15-16H,1-2,5,7,9H2/t15-/m0/s1. The normalized spacial score (nSPS) is 21.3. The lowest BCUT2D eigenvalue weighted by atomic mass is 10.0. The molecule has 0 aliphatic carbocycles. The zero-order chi connectivity index (χ0) is 11.5. The Morgan fingerprint density at radius 2 is 2.06 bits per heavy atom. The van der Waals surface area contributed by atoms with Crippen molar-refractivity contribution in [2.45, 2.75) is 31.7 Å². The van der Waals surface area contributed by atoms with E-state index in [4.69, 9.17) is 0 Å². The number of fused-ring (bicyclic) bond motifs is 1. The van der Waals surface area contributed by atoms with Gasteiger partial charge in [0.1, 0.15) is 0 Å². The summed E-state index contributed by atoms with van der Waals surface area (Å²) in [5.74, 6) is 0. The number of hydrogen-bond acceptors (Lipinski definition) is 2. The molecular formula is C15H18N2. The lowest BCUT2D eigenvalue weighted by Crippen LogP contribution is -2.20. The number of nitrogens with one attached hydrogen (secondary N) is 1. The number of aromatic nitrogens is 1. The Bertz CT molecular complexity index is 499. The average Bonchev–Trinajstić information content (AvgIpc) is 2.67. The molecule has 2 heteroatoms. The number of rotatable bonds is 1. The quantitative estimate of drug-likeness (QED) is 0.805. The van der Waals surface area contributed by atoms with Crippen molar-refractivity contribution < 1.29 is 0 Å². The van der Waals surface area contributed by atoms with Crippen LogP contribution in [0.2, 0.25) is 0 Å². The Hall–Kier alpha value is -1.41. The highest BCUT2D eigenvalue weighted by atomic mass is 14.9. The zero-order valence-corrected chi connectivity index (χ0v) is 10.0. The van der Waals surface area contributed by atoms with Crippen LogP contribution in [0.15, 0.2) is 36.5 Å². The highest BCUT2D eigenvalue weighted by Crippen LogP contribution is 2.24. The second kappa shape index (κ2) is 4.84. The molecule has 1 saturated heterocycles. The SMILES string of the molecule is c1ccc2ncc([C@@H]3CCCCCN3)cc2c1. The van der Waals surface area contributed by atoms with Gasteiger partial charge in [-0.1, -0.05) is 31.0 Å². The average molecular weight is 226 g/mol. The summed E-state index contributed by atoms with van der Waals surface area (Å²) in [6.07, 6.45) is 7.25. The van der Waals surface area contributed by atoms with Gasteiger partial charge in [0, 0.05) is 17.6 Å². The molecule has 0 radical (unpaired) electrons. The van der Waals surface area contributed by atoms with Crippen LogP contribution in [0, 0.1) is 0 Å². The first kappa shape index (κ1) is 10.7. The maximum atomic E-state index is 4.55. The number of benzene rings is 1. The fourth-order valence-corrected chi connectivity index (χ4v) is 2.59. The molecule has 0 unspecified atom stereocenters. The maximum Gasteiger partial charge on any atom is 0.0702 e. The Morgan fingerprint density at radius 1 is 1.12 bits per heavy atom. The molecule has 0 amide bonds. The van der Waals surface area contributed by atoms with Crippen molar-refractivity contribution in [1.82, 2.24) is 10.3 Å². The fraction of sp³-hybridized carbons (Fsp3) is 0.400. The van der Waals surface area contributed by atoms with Crippen LogP contribution in [-0.4, -0.2) is 11.5 Å². The fourth-order valence-electron chi connectivity index (χ4n) is 2.59. The molecule has 1 aliphatic rings. The second-order valence-corrected chi connectivity index (χ2v) is 4.82. The van der Waals surface area contributed by atoms with Crippen LogP contribution in [0.5, 0.6) is 0 Å². The van der Waals surface area contributed by atoms with Crippen molar-refractivity contribution >= 4 is 10.9 Å². The van der Waals surface area contributed by atoms with E-state index < -0.39 is 0 Å². The molecule has 1 aromatic carbocycles. The number of nitrogens with zero attached hydrogens (tertiary/aromatic N) is 1. The molecule has 0 spiro atoms. The summed E-state index contributed by atoms with van der Waals surface area (Å²) >= 11 is 0. The third kappa shape index (κ3) is 2.32. The third-order valence-corrected chi connectivity index (χ3v) is 3.57. The Morgan fingerprint density at radius 3 is 3.06 bits per heavy atom. The van der Waals surface area contributed by atoms with Crippen LogP contribution in [0.25, 0.3) is 10.9 Å². The monoisotopic (exact) mass is 226 g/mol. The van der Waals surface area contributed by atoms with Crippen LogP contribution >= 0.6 is 0 Å². The molecule has 1 aromatic heterocycles. The van der Waals surface area contributed by atoms with E-state index in [9.17, 15) is 0 Å². The van der Waals surface area contributed by atoms with Gasteiger partial charge in [0.2, 0.25) is 0 Å². The molecule has 1 atom stereocenters. The van der Waals surface area contributed by atoms with Crippen LogP contribution in [-0.2, 0) is 0 Å². The predicted molar refractivity (Wildman–Crippen MR) is 71.0 cm³/mol. The van der Waals surface area contributed by atoms with Crippen LogP contribution in [0.1, 0.15) is 37.3 Å². The van der Waals surface area contributed by atoms with E-state index in [1.165, 1.54) is 36.6 Å². The second-order valence-electron chi connectivity index (χ2n) is 4.82. The lowest BCUT2D eigenvalue weighted by Gasteiger charge is -2.16. The van der Waals surface area contributed by atoms with Crippen molar-refractivity contribution in [2.24, 2.45) is 0 Å². The lowest BCUT2D eigenvalue weighted by molar-refractivity contribution is 0.534. The molecule has 0 saturated carbocycles. The van der Waals surface area contributed by atoms with E-state index in [0.717, 1.165) is 12.1 Å². The number of pyridine rings is 1. The summed E-state index contributed by atoms with van der Waals surface area (Å²) in [7, 11) is 0. The highest BCUT2D eigenvalue weighted by Gasteiger charge is 2.13. The Labute approximate surface area is 102 Å². The van der Waals surface area contributed by atoms with Gasteiger partial charge >= 0.3 is 0 Å². The largest absolute Gasteiger partial charge is 0.310 e. The Kier molecular flexibility index (Phi) is 3.06. The molecule has 88 valence electrons. The molecule has 2 nitrogen and oxygen atoms in total. The minimum Gasteiger partial charge on any atom is -0.310 e. The minimum absolute atomic E-state index is 0.495. The van der Waals surface area contributed by atoms with E-state index in [0.29, 0.717) is 6.04 Å². The maximum absolute atomic E-state index is 4.55. The zero-order valence-electron chi connectivity index (χ0n) is 10.0. The first-order valence-corrected chi connectivity index (χ1v) is 6.51. The predicted octanol–water partition coefficient (Wildman–Crippen LogP) is 3.44. The van der Waals surface area contributed by atoms with Gasteiger partial charge in [-0.15, -0.1) is 0 Å². The topological polar surface area (TPSA) is 24.9 Å². The molecule has 2 aromatic rings. The summed E-state index contributed by atoms with van der Waals surface area (Å²) < 4.78 is 0. The smallest absolute Gasteiger partial charge is 0.0702 e. The summed E-state index contributed by atoms with van der Waals surface area (Å²) in [6.45, 7) is 1.14. The van der Waals surface area contributed by atoms with Crippen molar-refractivity contribution in [3.8, 4) is 0 Å². The van der Waals surface area contributed by atoms with E-state index >= 15 is 0 Å². The van der Waals surface area contributed by atoms with E-state index in [1.54, 1.807) is 0 Å². The van der Waals surface area contributed by atoms with Crippen molar-refractivity contribution in [3.63, 3.8) is 0 Å². The number of para-hydroxylation sites is 1. The summed E-state index contributed by atoms with van der Waals surface area (Å²) in [5.41, 5.74) is 2.43. The molecule has 1 fully saturated rings. The van der Waals surface area contributed by atoms with E-state index in [1.807, 2.05) is 12.3 Å². The van der Waals surface area contributed by atoms with Gasteiger partial charge in [-0.05, 0) is 37.1 Å². The molecule has 0 bridgehead atoms. The summed E-state index contributed by atoms with van der Waals surface area (Å²) in [5, 5.41) is 4.87. The van der Waals surface area contributed by atoms with Gasteiger partial charge in [0.05, 0.1) is 5.52 Å². The van der Waals surface area contributed by atoms with Gasteiger partial charge in [-0.25, -0.2) is 0 Å². The van der Waals surface area contributed by atoms with Crippen LogP contribution in [0.4, 0.5) is 0 Å². The third-order valence-electron chi connectivity index (χ3n) is 3.57. The molecule has 2 heterocycles. The minimum atomic E-state index is 0.495. The van der Waals surface area contributed by atoms with Crippen molar-refractivity contribution in [2.75, 3.05) is 6.54 Å². The highest BCUT2D eigenvalue weighted by molar-refractivity contribution is 5.78. The number of hydrogen-bond donors (Lipinski definition) is 1. The summed E-state index contributed by atoms with van der Waals surface area (Å²) in [6, 6.07) is 11.1. The van der Waals surface area contributed by atoms with Gasteiger partial charge in [-0.3, -0.25) is 4.98 Å². The summed E-state index contributed by atoms with van der Waals surface area (Å²) in [4.78, 5) is 4.55. The van der Waals surface area contributed by atoms with E-state index in [-0.39, 0.29) is 0 Å². The van der Waals surface area contributed by atoms with Gasteiger partial charge in [0.25, 0.3) is 0 Å². The molecule has 1 aliphatic heterocycles. The first-order valence-electron chi connectivity index (χ1n) is 6.51. The van der Waals surface area contributed by atoms with Crippen molar-refractivity contribution in [1.29, 1.82) is 0 Å².